The van der Waals surface area contributed by atoms with Gasteiger partial charge in [0.25, 0.3) is 5.91 Å². The lowest BCUT2D eigenvalue weighted by molar-refractivity contribution is 0.0957. The second-order valence-corrected chi connectivity index (χ2v) is 4.46. The summed E-state index contributed by atoms with van der Waals surface area (Å²) in [6.45, 7) is 4.52. The highest BCUT2D eigenvalue weighted by molar-refractivity contribution is 5.94. The van der Waals surface area contributed by atoms with Gasteiger partial charge in [0.1, 0.15) is 5.82 Å². The standard InChI is InChI=1S/C16H18N4O2/c1-3-8-17-15(21)12-6-7-14(19-10-12)20-11-13-5-4-9-18-16(13)22-2/h3-7,9-10H,1,8,11H2,2H3,(H,17,21)(H,19,20). The van der Waals surface area contributed by atoms with E-state index in [0.29, 0.717) is 30.4 Å². The van der Waals surface area contributed by atoms with Gasteiger partial charge in [-0.3, -0.25) is 4.79 Å². The molecule has 2 aromatic rings. The number of nitrogens with one attached hydrogen (secondary N) is 2. The largest absolute Gasteiger partial charge is 0.481 e. The van der Waals surface area contributed by atoms with Crippen LogP contribution in [-0.4, -0.2) is 29.5 Å². The van der Waals surface area contributed by atoms with Gasteiger partial charge in [-0.25, -0.2) is 9.97 Å². The van der Waals surface area contributed by atoms with Crippen molar-refractivity contribution in [3.8, 4) is 5.88 Å². The molecule has 0 aliphatic carbocycles. The maximum atomic E-state index is 11.7. The first-order valence-corrected chi connectivity index (χ1v) is 6.81. The summed E-state index contributed by atoms with van der Waals surface area (Å²) in [6, 6.07) is 7.25. The van der Waals surface area contributed by atoms with E-state index in [4.69, 9.17) is 4.74 Å². The number of rotatable bonds is 7. The Balaban J connectivity index is 1.96. The van der Waals surface area contributed by atoms with Gasteiger partial charge in [0.2, 0.25) is 5.88 Å². The minimum Gasteiger partial charge on any atom is -0.481 e. The zero-order valence-electron chi connectivity index (χ0n) is 12.4. The van der Waals surface area contributed by atoms with Gasteiger partial charge in [0.05, 0.1) is 12.7 Å². The van der Waals surface area contributed by atoms with Crippen LogP contribution in [0.4, 0.5) is 5.82 Å². The zero-order chi connectivity index (χ0) is 15.8. The fourth-order valence-electron chi connectivity index (χ4n) is 1.83. The normalized spacial score (nSPS) is 9.86. The van der Waals surface area contributed by atoms with Gasteiger partial charge in [-0.2, -0.15) is 0 Å². The first-order valence-electron chi connectivity index (χ1n) is 6.81. The van der Waals surface area contributed by atoms with E-state index in [-0.39, 0.29) is 5.91 Å². The Morgan fingerprint density at radius 2 is 2.23 bits per heavy atom. The number of carbonyl (C=O) groups is 1. The number of methoxy groups -OCH3 is 1. The molecule has 0 aliphatic heterocycles. The maximum absolute atomic E-state index is 11.7. The summed E-state index contributed by atoms with van der Waals surface area (Å²) in [5.74, 6) is 1.08. The molecule has 0 fully saturated rings. The molecule has 0 saturated heterocycles. The lowest BCUT2D eigenvalue weighted by Crippen LogP contribution is -2.23. The Morgan fingerprint density at radius 3 is 2.91 bits per heavy atom. The van der Waals surface area contributed by atoms with Crippen LogP contribution in [0, 0.1) is 0 Å². The Labute approximate surface area is 129 Å². The van der Waals surface area contributed by atoms with Crippen LogP contribution >= 0.6 is 0 Å². The average molecular weight is 298 g/mol. The van der Waals surface area contributed by atoms with Crippen molar-refractivity contribution < 1.29 is 9.53 Å². The summed E-state index contributed by atoms with van der Waals surface area (Å²) >= 11 is 0. The lowest BCUT2D eigenvalue weighted by atomic mass is 10.2. The van der Waals surface area contributed by atoms with Gasteiger partial charge in [-0.1, -0.05) is 12.1 Å². The Hall–Kier alpha value is -2.89. The third-order valence-electron chi connectivity index (χ3n) is 2.94. The van der Waals surface area contributed by atoms with Gasteiger partial charge >= 0.3 is 0 Å². The van der Waals surface area contributed by atoms with E-state index in [1.54, 1.807) is 31.5 Å². The van der Waals surface area contributed by atoms with E-state index in [0.717, 1.165) is 5.56 Å². The van der Waals surface area contributed by atoms with Gasteiger partial charge in [0, 0.05) is 31.0 Å². The number of hydrogen-bond donors (Lipinski definition) is 2. The molecular weight excluding hydrogens is 280 g/mol. The maximum Gasteiger partial charge on any atom is 0.253 e. The number of aromatic nitrogens is 2. The molecule has 1 amide bonds. The number of ether oxygens (including phenoxy) is 1. The highest BCUT2D eigenvalue weighted by atomic mass is 16.5. The topological polar surface area (TPSA) is 76.1 Å². The average Bonchev–Trinajstić information content (AvgIpc) is 2.58. The highest BCUT2D eigenvalue weighted by Gasteiger charge is 2.06. The van der Waals surface area contributed by atoms with Crippen molar-refractivity contribution in [2.45, 2.75) is 6.54 Å². The molecule has 2 N–H and O–H groups in total. The minimum atomic E-state index is -0.173. The fraction of sp³-hybridized carbons (Fsp3) is 0.188. The molecule has 0 saturated carbocycles. The summed E-state index contributed by atoms with van der Waals surface area (Å²) in [5, 5.41) is 5.86. The van der Waals surface area contributed by atoms with Crippen LogP contribution in [0.15, 0.2) is 49.3 Å². The number of anilines is 1. The molecule has 0 atom stereocenters. The molecule has 22 heavy (non-hydrogen) atoms. The summed E-state index contributed by atoms with van der Waals surface area (Å²) in [4.78, 5) is 20.1. The Kier molecular flexibility index (Phi) is 5.48. The van der Waals surface area contributed by atoms with Crippen molar-refractivity contribution >= 4 is 11.7 Å². The molecule has 0 bridgehead atoms. The van der Waals surface area contributed by atoms with Gasteiger partial charge in [0.15, 0.2) is 0 Å². The monoisotopic (exact) mass is 298 g/mol. The Morgan fingerprint density at radius 1 is 1.36 bits per heavy atom. The second kappa shape index (κ2) is 7.78. The van der Waals surface area contributed by atoms with Crippen LogP contribution in [0.3, 0.4) is 0 Å². The molecule has 0 unspecified atom stereocenters. The molecule has 114 valence electrons. The minimum absolute atomic E-state index is 0.173. The molecular formula is C16H18N4O2. The van der Waals surface area contributed by atoms with Crippen LogP contribution in [0.5, 0.6) is 5.88 Å². The van der Waals surface area contributed by atoms with Crippen molar-refractivity contribution in [3.05, 3.63) is 60.4 Å². The van der Waals surface area contributed by atoms with Gasteiger partial charge < -0.3 is 15.4 Å². The number of pyridine rings is 2. The van der Waals surface area contributed by atoms with Crippen molar-refractivity contribution in [3.63, 3.8) is 0 Å². The smallest absolute Gasteiger partial charge is 0.253 e. The van der Waals surface area contributed by atoms with E-state index < -0.39 is 0 Å². The first kappa shape index (κ1) is 15.5. The molecule has 0 radical (unpaired) electrons. The molecule has 6 heteroatoms. The van der Waals surface area contributed by atoms with E-state index in [2.05, 4.69) is 27.2 Å². The van der Waals surface area contributed by atoms with E-state index >= 15 is 0 Å². The molecule has 2 heterocycles. The van der Waals surface area contributed by atoms with Crippen LogP contribution in [0.25, 0.3) is 0 Å². The van der Waals surface area contributed by atoms with Gasteiger partial charge in [-0.15, -0.1) is 6.58 Å². The molecule has 0 aromatic carbocycles. The van der Waals surface area contributed by atoms with Crippen LogP contribution in [0.1, 0.15) is 15.9 Å². The third kappa shape index (κ3) is 4.05. The quantitative estimate of drug-likeness (QED) is 0.765. The molecule has 2 rings (SSSR count). The predicted octanol–water partition coefficient (Wildman–Crippen LogP) is 2.01. The molecule has 6 nitrogen and oxygen atoms in total. The first-order chi connectivity index (χ1) is 10.7. The number of amides is 1. The van der Waals surface area contributed by atoms with E-state index in [9.17, 15) is 4.79 Å². The van der Waals surface area contributed by atoms with Crippen molar-refractivity contribution in [1.29, 1.82) is 0 Å². The number of carbonyl (C=O) groups excluding carboxylic acids is 1. The highest BCUT2D eigenvalue weighted by Crippen LogP contribution is 2.15. The predicted molar refractivity (Wildman–Crippen MR) is 84.9 cm³/mol. The van der Waals surface area contributed by atoms with Crippen LogP contribution in [0.2, 0.25) is 0 Å². The van der Waals surface area contributed by atoms with Crippen molar-refractivity contribution in [1.82, 2.24) is 15.3 Å². The molecule has 0 spiro atoms. The van der Waals surface area contributed by atoms with Crippen LogP contribution < -0.4 is 15.4 Å². The SMILES string of the molecule is C=CCNC(=O)c1ccc(NCc2cccnc2OC)nc1. The van der Waals surface area contributed by atoms with Crippen molar-refractivity contribution in [2.24, 2.45) is 0 Å². The number of hydrogen-bond acceptors (Lipinski definition) is 5. The van der Waals surface area contributed by atoms with Crippen LogP contribution in [-0.2, 0) is 6.54 Å². The lowest BCUT2D eigenvalue weighted by Gasteiger charge is -2.09. The third-order valence-corrected chi connectivity index (χ3v) is 2.94. The summed E-state index contributed by atoms with van der Waals surface area (Å²) in [7, 11) is 1.58. The zero-order valence-corrected chi connectivity index (χ0v) is 12.4. The Bertz CT molecular complexity index is 641. The molecule has 0 aliphatic rings. The summed E-state index contributed by atoms with van der Waals surface area (Å²) < 4.78 is 5.19. The number of nitrogens with zero attached hydrogens (tertiary/aromatic N) is 2. The van der Waals surface area contributed by atoms with E-state index in [1.807, 2.05) is 12.1 Å². The van der Waals surface area contributed by atoms with E-state index in [1.165, 1.54) is 6.20 Å². The molecule has 2 aromatic heterocycles. The van der Waals surface area contributed by atoms with Crippen molar-refractivity contribution in [2.75, 3.05) is 19.0 Å². The summed E-state index contributed by atoms with van der Waals surface area (Å²) in [5.41, 5.74) is 1.44. The second-order valence-electron chi connectivity index (χ2n) is 4.46. The fourth-order valence-corrected chi connectivity index (χ4v) is 1.83. The van der Waals surface area contributed by atoms with Gasteiger partial charge in [-0.05, 0) is 18.2 Å². The summed E-state index contributed by atoms with van der Waals surface area (Å²) in [6.07, 6.45) is 4.83.